The second-order valence-electron chi connectivity index (χ2n) is 7.56. The maximum atomic E-state index is 13.4. The van der Waals surface area contributed by atoms with Gasteiger partial charge in [0.15, 0.2) is 5.76 Å². The number of furan rings is 1. The fourth-order valence-electron chi connectivity index (χ4n) is 3.72. The molecule has 1 aromatic carbocycles. The van der Waals surface area contributed by atoms with E-state index >= 15 is 0 Å². The van der Waals surface area contributed by atoms with Crippen LogP contribution in [0.3, 0.4) is 0 Å². The lowest BCUT2D eigenvalue weighted by Gasteiger charge is -2.35. The Labute approximate surface area is 164 Å². The van der Waals surface area contributed by atoms with Gasteiger partial charge in [-0.3, -0.25) is 4.79 Å². The summed E-state index contributed by atoms with van der Waals surface area (Å²) in [5, 5.41) is 4.72. The van der Waals surface area contributed by atoms with Crippen molar-refractivity contribution in [2.75, 3.05) is 13.1 Å². The van der Waals surface area contributed by atoms with Crippen LogP contribution in [0.5, 0.6) is 0 Å². The monoisotopic (exact) mass is 379 g/mol. The van der Waals surface area contributed by atoms with Gasteiger partial charge in [-0.1, -0.05) is 12.1 Å². The maximum absolute atomic E-state index is 13.4. The molecule has 2 aromatic heterocycles. The lowest BCUT2D eigenvalue weighted by atomic mass is 10.1. The summed E-state index contributed by atoms with van der Waals surface area (Å²) < 4.78 is 13.0. The molecule has 146 valence electrons. The molecule has 0 radical (unpaired) electrons. The van der Waals surface area contributed by atoms with Crippen LogP contribution in [-0.4, -0.2) is 45.9 Å². The fraction of sp³-hybridized carbons (Fsp3) is 0.364. The Morgan fingerprint density at radius 2 is 1.86 bits per heavy atom. The first kappa shape index (κ1) is 18.5. The summed E-state index contributed by atoms with van der Waals surface area (Å²) in [5.41, 5.74) is 4.24. The molecule has 6 heteroatoms. The second kappa shape index (κ2) is 7.28. The molecule has 0 unspecified atom stereocenters. The average molecular weight is 379 g/mol. The van der Waals surface area contributed by atoms with E-state index < -0.39 is 0 Å². The van der Waals surface area contributed by atoms with Crippen molar-refractivity contribution in [2.45, 2.75) is 39.9 Å². The number of aromatic nitrogens is 2. The number of hydrogen-bond donors (Lipinski definition) is 0. The molecule has 1 saturated heterocycles. The molecule has 0 N–H and O–H groups in total. The van der Waals surface area contributed by atoms with Gasteiger partial charge in [-0.25, -0.2) is 4.68 Å². The van der Waals surface area contributed by atoms with Crippen LogP contribution in [0.2, 0.25) is 0 Å². The Balaban J connectivity index is 1.81. The number of carbonyl (C=O) groups excluding carboxylic acids is 1. The molecular weight excluding hydrogens is 354 g/mol. The van der Waals surface area contributed by atoms with Crippen LogP contribution in [0.4, 0.5) is 0 Å². The third-order valence-electron chi connectivity index (χ3n) is 5.00. The highest BCUT2D eigenvalue weighted by atomic mass is 16.5. The summed E-state index contributed by atoms with van der Waals surface area (Å²) in [6.07, 6.45) is 1.63. The van der Waals surface area contributed by atoms with Crippen molar-refractivity contribution in [1.29, 1.82) is 0 Å². The van der Waals surface area contributed by atoms with Gasteiger partial charge in [0.1, 0.15) is 11.4 Å². The van der Waals surface area contributed by atoms with Crippen LogP contribution in [-0.2, 0) is 4.74 Å². The highest BCUT2D eigenvalue weighted by molar-refractivity contribution is 5.94. The van der Waals surface area contributed by atoms with Gasteiger partial charge >= 0.3 is 0 Å². The molecule has 3 aromatic rings. The highest BCUT2D eigenvalue weighted by Gasteiger charge is 2.30. The molecule has 4 rings (SSSR count). The van der Waals surface area contributed by atoms with E-state index in [2.05, 4.69) is 12.1 Å². The standard InChI is InChI=1S/C22H25N3O3/c1-14-7-8-15(2)19(10-14)25-20(11-18(23-25)21-6-5-9-27-21)22(26)24-12-16(3)28-17(4)13-24/h5-11,16-17H,12-13H2,1-4H3/t16-,17-/m0/s1. The van der Waals surface area contributed by atoms with E-state index in [4.69, 9.17) is 14.3 Å². The summed E-state index contributed by atoms with van der Waals surface area (Å²) in [7, 11) is 0. The molecular formula is C22H25N3O3. The summed E-state index contributed by atoms with van der Waals surface area (Å²) in [6, 6.07) is 11.6. The number of benzene rings is 1. The maximum Gasteiger partial charge on any atom is 0.272 e. The van der Waals surface area contributed by atoms with Crippen LogP contribution in [0.25, 0.3) is 17.1 Å². The van der Waals surface area contributed by atoms with E-state index in [1.54, 1.807) is 10.9 Å². The van der Waals surface area contributed by atoms with Gasteiger partial charge in [-0.05, 0) is 57.0 Å². The van der Waals surface area contributed by atoms with E-state index in [0.29, 0.717) is 30.2 Å². The number of rotatable bonds is 3. The van der Waals surface area contributed by atoms with E-state index in [9.17, 15) is 4.79 Å². The number of ether oxygens (including phenoxy) is 1. The first-order chi connectivity index (χ1) is 13.4. The molecule has 1 fully saturated rings. The molecule has 1 amide bonds. The number of carbonyl (C=O) groups is 1. The first-order valence-corrected chi connectivity index (χ1v) is 9.58. The molecule has 0 aliphatic carbocycles. The molecule has 0 bridgehead atoms. The zero-order chi connectivity index (χ0) is 19.8. The third kappa shape index (κ3) is 3.47. The number of nitrogens with zero attached hydrogens (tertiary/aromatic N) is 3. The molecule has 0 spiro atoms. The van der Waals surface area contributed by atoms with Gasteiger partial charge in [-0.2, -0.15) is 5.10 Å². The van der Waals surface area contributed by atoms with E-state index in [-0.39, 0.29) is 18.1 Å². The molecule has 1 aliphatic heterocycles. The molecule has 0 saturated carbocycles. The number of morpholine rings is 1. The van der Waals surface area contributed by atoms with Gasteiger partial charge in [0, 0.05) is 19.2 Å². The van der Waals surface area contributed by atoms with E-state index in [1.807, 2.05) is 56.9 Å². The minimum atomic E-state index is -0.0480. The summed E-state index contributed by atoms with van der Waals surface area (Å²) in [5.74, 6) is 0.593. The molecule has 1 aliphatic rings. The predicted molar refractivity (Wildman–Crippen MR) is 107 cm³/mol. The lowest BCUT2D eigenvalue weighted by molar-refractivity contribution is -0.0588. The van der Waals surface area contributed by atoms with Crippen molar-refractivity contribution in [3.8, 4) is 17.1 Å². The van der Waals surface area contributed by atoms with Gasteiger partial charge in [0.2, 0.25) is 0 Å². The van der Waals surface area contributed by atoms with Crippen LogP contribution in [0.15, 0.2) is 47.1 Å². The van der Waals surface area contributed by atoms with Crippen molar-refractivity contribution in [3.05, 3.63) is 59.5 Å². The van der Waals surface area contributed by atoms with Crippen molar-refractivity contribution < 1.29 is 13.9 Å². The van der Waals surface area contributed by atoms with Gasteiger partial charge in [0.05, 0.1) is 24.2 Å². The summed E-state index contributed by atoms with van der Waals surface area (Å²) in [6.45, 7) is 9.18. The van der Waals surface area contributed by atoms with Gasteiger partial charge < -0.3 is 14.1 Å². The first-order valence-electron chi connectivity index (χ1n) is 9.58. The zero-order valence-electron chi connectivity index (χ0n) is 16.7. The normalized spacial score (nSPS) is 19.8. The molecule has 28 heavy (non-hydrogen) atoms. The Morgan fingerprint density at radius 1 is 1.11 bits per heavy atom. The fourth-order valence-corrected chi connectivity index (χ4v) is 3.72. The molecule has 2 atom stereocenters. The van der Waals surface area contributed by atoms with Crippen LogP contribution >= 0.6 is 0 Å². The SMILES string of the molecule is Cc1ccc(C)c(-n2nc(-c3ccco3)cc2C(=O)N2C[C@H](C)O[C@@H](C)C2)c1. The largest absolute Gasteiger partial charge is 0.463 e. The topological polar surface area (TPSA) is 60.5 Å². The highest BCUT2D eigenvalue weighted by Crippen LogP contribution is 2.26. The third-order valence-corrected chi connectivity index (χ3v) is 5.00. The van der Waals surface area contributed by atoms with Crippen LogP contribution in [0.1, 0.15) is 35.5 Å². The Morgan fingerprint density at radius 3 is 2.54 bits per heavy atom. The second-order valence-corrected chi connectivity index (χ2v) is 7.56. The van der Waals surface area contributed by atoms with Crippen molar-refractivity contribution in [2.24, 2.45) is 0 Å². The Bertz CT molecular complexity index is 981. The Kier molecular flexibility index (Phi) is 4.81. The molecule has 6 nitrogen and oxygen atoms in total. The summed E-state index contributed by atoms with van der Waals surface area (Å²) in [4.78, 5) is 15.3. The van der Waals surface area contributed by atoms with Crippen molar-refractivity contribution >= 4 is 5.91 Å². The smallest absolute Gasteiger partial charge is 0.272 e. The lowest BCUT2D eigenvalue weighted by Crippen LogP contribution is -2.48. The Hall–Kier alpha value is -2.86. The van der Waals surface area contributed by atoms with Crippen LogP contribution < -0.4 is 0 Å². The predicted octanol–water partition coefficient (Wildman–Crippen LogP) is 4.00. The number of hydrogen-bond acceptors (Lipinski definition) is 4. The summed E-state index contributed by atoms with van der Waals surface area (Å²) >= 11 is 0. The minimum absolute atomic E-state index is 0.00863. The van der Waals surface area contributed by atoms with Crippen molar-refractivity contribution in [3.63, 3.8) is 0 Å². The minimum Gasteiger partial charge on any atom is -0.463 e. The molecule has 3 heterocycles. The van der Waals surface area contributed by atoms with Crippen molar-refractivity contribution in [1.82, 2.24) is 14.7 Å². The zero-order valence-corrected chi connectivity index (χ0v) is 16.7. The number of aryl methyl sites for hydroxylation is 2. The number of amides is 1. The quantitative estimate of drug-likeness (QED) is 0.690. The average Bonchev–Trinajstić information content (AvgIpc) is 3.31. The van der Waals surface area contributed by atoms with Gasteiger partial charge in [-0.15, -0.1) is 0 Å². The van der Waals surface area contributed by atoms with E-state index in [1.165, 1.54) is 0 Å². The van der Waals surface area contributed by atoms with E-state index in [0.717, 1.165) is 16.8 Å². The van der Waals surface area contributed by atoms with Gasteiger partial charge in [0.25, 0.3) is 5.91 Å². The van der Waals surface area contributed by atoms with Crippen LogP contribution in [0, 0.1) is 13.8 Å².